The summed E-state index contributed by atoms with van der Waals surface area (Å²) in [6.45, 7) is 7.30. The molecule has 10 heteroatoms. The van der Waals surface area contributed by atoms with E-state index in [2.05, 4.69) is 22.6 Å². The van der Waals surface area contributed by atoms with Crippen molar-refractivity contribution in [2.45, 2.75) is 32.0 Å². The van der Waals surface area contributed by atoms with Crippen LogP contribution in [0.3, 0.4) is 0 Å². The van der Waals surface area contributed by atoms with E-state index in [4.69, 9.17) is 0 Å². The Hall–Kier alpha value is -2.00. The molecule has 0 aliphatic rings. The van der Waals surface area contributed by atoms with Crippen molar-refractivity contribution < 1.29 is 45.4 Å². The maximum atomic E-state index is 13.6. The van der Waals surface area contributed by atoms with Crippen molar-refractivity contribution in [3.05, 3.63) is 24.3 Å². The van der Waals surface area contributed by atoms with Crippen LogP contribution in [0.4, 0.5) is 26.3 Å². The first-order valence-electron chi connectivity index (χ1n) is 5.07. The molecule has 0 aromatic carbocycles. The molecule has 0 amide bonds. The lowest BCUT2D eigenvalue weighted by molar-refractivity contribution is -0.435. The lowest BCUT2D eigenvalue weighted by atomic mass is 10.2. The summed E-state index contributed by atoms with van der Waals surface area (Å²) in [6, 6.07) is 0. The highest BCUT2D eigenvalue weighted by Crippen LogP contribution is 2.47. The number of halogens is 6. The predicted molar refractivity (Wildman–Crippen MR) is 56.7 cm³/mol. The van der Waals surface area contributed by atoms with Crippen LogP contribution < -0.4 is 0 Å². The van der Waals surface area contributed by atoms with Crippen LogP contribution in [0.25, 0.3) is 0 Å². The van der Waals surface area contributed by atoms with E-state index in [1.807, 2.05) is 0 Å². The fourth-order valence-corrected chi connectivity index (χ4v) is 0.766. The van der Waals surface area contributed by atoms with Gasteiger partial charge >= 0.3 is 30.1 Å². The number of hydrogen-bond acceptors (Lipinski definition) is 4. The number of esters is 2. The molecular weight excluding hydrogens is 310 g/mol. The Bertz CT molecular complexity index is 482. The molecule has 0 N–H and O–H groups in total. The number of carbonyl (C=O) groups is 2. The van der Waals surface area contributed by atoms with Crippen LogP contribution in [0.1, 0.15) is 13.8 Å². The van der Waals surface area contributed by atoms with E-state index in [9.17, 15) is 35.9 Å². The first kappa shape index (κ1) is 19.0. The molecule has 0 saturated heterocycles. The van der Waals surface area contributed by atoms with Gasteiger partial charge in [-0.2, -0.15) is 26.3 Å². The van der Waals surface area contributed by atoms with Crippen LogP contribution in [-0.4, -0.2) is 30.1 Å². The van der Waals surface area contributed by atoms with Crippen molar-refractivity contribution in [1.82, 2.24) is 0 Å². The number of alkyl halides is 6. The second kappa shape index (κ2) is 5.78. The van der Waals surface area contributed by atoms with E-state index in [-0.39, 0.29) is 0 Å². The summed E-state index contributed by atoms with van der Waals surface area (Å²) in [5, 5.41) is 0. The Morgan fingerprint density at radius 1 is 0.810 bits per heavy atom. The standard InChI is InChI=1S/C11H10F6O4/c1-5(2)7(18)20-9(12,10(13,14)15)11(16,17)21-8(19)6(3)4/h1,3H2,2,4H3. The first-order valence-corrected chi connectivity index (χ1v) is 5.07. The Labute approximate surface area is 115 Å². The number of hydrogen-bond donors (Lipinski definition) is 0. The van der Waals surface area contributed by atoms with Crippen molar-refractivity contribution in [1.29, 1.82) is 0 Å². The topological polar surface area (TPSA) is 52.6 Å². The lowest BCUT2D eigenvalue weighted by Gasteiger charge is -2.32. The highest BCUT2D eigenvalue weighted by molar-refractivity contribution is 5.88. The highest BCUT2D eigenvalue weighted by atomic mass is 19.4. The van der Waals surface area contributed by atoms with Gasteiger partial charge in [0, 0.05) is 11.1 Å². The molecule has 0 saturated carbocycles. The van der Waals surface area contributed by atoms with Gasteiger partial charge in [0.15, 0.2) is 0 Å². The van der Waals surface area contributed by atoms with Crippen molar-refractivity contribution in [2.75, 3.05) is 0 Å². The van der Waals surface area contributed by atoms with Gasteiger partial charge in [-0.3, -0.25) is 0 Å². The third-order valence-electron chi connectivity index (χ3n) is 1.89. The third-order valence-corrected chi connectivity index (χ3v) is 1.89. The average molecular weight is 320 g/mol. The molecule has 1 atom stereocenters. The van der Waals surface area contributed by atoms with Gasteiger partial charge in [-0.1, -0.05) is 13.2 Å². The van der Waals surface area contributed by atoms with Crippen LogP contribution in [0.2, 0.25) is 0 Å². The average Bonchev–Trinajstić information content (AvgIpc) is 2.25. The van der Waals surface area contributed by atoms with E-state index >= 15 is 0 Å². The second-order valence-electron chi connectivity index (χ2n) is 3.95. The molecule has 0 rings (SSSR count). The van der Waals surface area contributed by atoms with Crippen molar-refractivity contribution in [3.8, 4) is 0 Å². The molecule has 0 spiro atoms. The zero-order chi connectivity index (χ0) is 17.2. The van der Waals surface area contributed by atoms with Crippen molar-refractivity contribution in [3.63, 3.8) is 0 Å². The van der Waals surface area contributed by atoms with E-state index in [1.54, 1.807) is 0 Å². The minimum absolute atomic E-state index is 0.717. The Morgan fingerprint density at radius 2 is 1.14 bits per heavy atom. The molecular formula is C11H10F6O4. The second-order valence-corrected chi connectivity index (χ2v) is 3.95. The maximum Gasteiger partial charge on any atom is 0.483 e. The summed E-state index contributed by atoms with van der Waals surface area (Å²) < 4.78 is 84.0. The minimum Gasteiger partial charge on any atom is -0.408 e. The van der Waals surface area contributed by atoms with Gasteiger partial charge in [-0.25, -0.2) is 9.59 Å². The van der Waals surface area contributed by atoms with Gasteiger partial charge in [-0.15, -0.1) is 0 Å². The van der Waals surface area contributed by atoms with Gasteiger partial charge < -0.3 is 9.47 Å². The molecule has 1 unspecified atom stereocenters. The van der Waals surface area contributed by atoms with Crippen LogP contribution in [0.15, 0.2) is 24.3 Å². The molecule has 0 bridgehead atoms. The van der Waals surface area contributed by atoms with Crippen LogP contribution >= 0.6 is 0 Å². The zero-order valence-electron chi connectivity index (χ0n) is 10.8. The minimum atomic E-state index is -6.38. The summed E-state index contributed by atoms with van der Waals surface area (Å²) in [5.74, 6) is -9.96. The normalized spacial score (nSPS) is 14.9. The molecule has 0 aromatic heterocycles. The van der Waals surface area contributed by atoms with E-state index in [1.165, 1.54) is 0 Å². The summed E-state index contributed by atoms with van der Waals surface area (Å²) in [7, 11) is 0. The Kier molecular flexibility index (Phi) is 5.23. The first-order chi connectivity index (χ1) is 9.15. The molecule has 0 aliphatic carbocycles. The van der Waals surface area contributed by atoms with Crippen molar-refractivity contribution in [2.24, 2.45) is 0 Å². The zero-order valence-corrected chi connectivity index (χ0v) is 10.8. The smallest absolute Gasteiger partial charge is 0.408 e. The van der Waals surface area contributed by atoms with E-state index in [0.29, 0.717) is 0 Å². The quantitative estimate of drug-likeness (QED) is 0.444. The molecule has 4 nitrogen and oxygen atoms in total. The Morgan fingerprint density at radius 3 is 1.43 bits per heavy atom. The summed E-state index contributed by atoms with van der Waals surface area (Å²) in [6.07, 6.45) is -12.2. The summed E-state index contributed by atoms with van der Waals surface area (Å²) >= 11 is 0. The lowest BCUT2D eigenvalue weighted by Crippen LogP contribution is -2.60. The summed E-state index contributed by atoms with van der Waals surface area (Å²) in [5.41, 5.74) is -1.49. The van der Waals surface area contributed by atoms with Crippen molar-refractivity contribution >= 4 is 11.9 Å². The predicted octanol–water partition coefficient (Wildman–Crippen LogP) is 3.05. The molecule has 0 radical (unpaired) electrons. The molecule has 0 fully saturated rings. The fourth-order valence-electron chi connectivity index (χ4n) is 0.766. The monoisotopic (exact) mass is 320 g/mol. The van der Waals surface area contributed by atoms with Gasteiger partial charge in [0.1, 0.15) is 0 Å². The van der Waals surface area contributed by atoms with Crippen LogP contribution in [0.5, 0.6) is 0 Å². The number of carbonyl (C=O) groups excluding carboxylic acids is 2. The number of ether oxygens (including phenoxy) is 2. The van der Waals surface area contributed by atoms with Gasteiger partial charge in [0.2, 0.25) is 0 Å². The van der Waals surface area contributed by atoms with Crippen LogP contribution in [-0.2, 0) is 19.1 Å². The third kappa shape index (κ3) is 3.99. The fraction of sp³-hybridized carbons (Fsp3) is 0.455. The van der Waals surface area contributed by atoms with Gasteiger partial charge in [-0.05, 0) is 13.8 Å². The Balaban J connectivity index is 5.70. The van der Waals surface area contributed by atoms with Crippen LogP contribution in [0, 0.1) is 0 Å². The number of rotatable bonds is 5. The van der Waals surface area contributed by atoms with E-state index in [0.717, 1.165) is 13.8 Å². The molecule has 120 valence electrons. The molecule has 0 aromatic rings. The SMILES string of the molecule is C=C(C)C(=O)OC(F)(F)C(F)(OC(=O)C(=C)C)C(F)(F)F. The maximum absolute atomic E-state index is 13.6. The van der Waals surface area contributed by atoms with Gasteiger partial charge in [0.25, 0.3) is 0 Å². The molecule has 21 heavy (non-hydrogen) atoms. The van der Waals surface area contributed by atoms with Gasteiger partial charge in [0.05, 0.1) is 0 Å². The molecule has 0 aliphatic heterocycles. The summed E-state index contributed by atoms with van der Waals surface area (Å²) in [4.78, 5) is 21.8. The highest BCUT2D eigenvalue weighted by Gasteiger charge is 2.78. The molecule has 0 heterocycles. The largest absolute Gasteiger partial charge is 0.483 e. The van der Waals surface area contributed by atoms with E-state index < -0.39 is 41.2 Å².